The first kappa shape index (κ1) is 15.8. The van der Waals surface area contributed by atoms with Crippen LogP contribution in [0.4, 0.5) is 10.1 Å². The predicted molar refractivity (Wildman–Crippen MR) is 79.8 cm³/mol. The van der Waals surface area contributed by atoms with Crippen molar-refractivity contribution in [1.82, 2.24) is 5.32 Å². The Morgan fingerprint density at radius 3 is 2.81 bits per heavy atom. The SMILES string of the molecule is CCC(C)C1NC(=O)CCN(c2ccc(Cl)c(F)c2)C1=O. The van der Waals surface area contributed by atoms with Crippen molar-refractivity contribution in [2.45, 2.75) is 32.7 Å². The molecule has 1 aliphatic rings. The molecule has 1 aliphatic heterocycles. The molecule has 0 spiro atoms. The molecule has 0 radical (unpaired) electrons. The second-order valence-electron chi connectivity index (χ2n) is 5.27. The molecule has 1 aromatic carbocycles. The van der Waals surface area contributed by atoms with Gasteiger partial charge in [-0.1, -0.05) is 31.9 Å². The lowest BCUT2D eigenvalue weighted by Crippen LogP contribution is -2.48. The lowest BCUT2D eigenvalue weighted by Gasteiger charge is -2.27. The molecule has 2 unspecified atom stereocenters. The van der Waals surface area contributed by atoms with Crippen molar-refractivity contribution in [3.05, 3.63) is 29.0 Å². The standard InChI is InChI=1S/C15H18ClFN2O2/c1-3-9(2)14-15(21)19(7-6-13(20)18-14)10-4-5-11(16)12(17)8-10/h4-5,8-9,14H,3,6-7H2,1-2H3,(H,18,20). The van der Waals surface area contributed by atoms with E-state index in [1.807, 2.05) is 13.8 Å². The predicted octanol–water partition coefficient (Wildman–Crippen LogP) is 2.75. The minimum absolute atomic E-state index is 0.00805. The quantitative estimate of drug-likeness (QED) is 0.933. The summed E-state index contributed by atoms with van der Waals surface area (Å²) < 4.78 is 13.6. The van der Waals surface area contributed by atoms with Gasteiger partial charge in [-0.25, -0.2) is 4.39 Å². The van der Waals surface area contributed by atoms with Crippen LogP contribution >= 0.6 is 11.6 Å². The van der Waals surface area contributed by atoms with Crippen LogP contribution in [-0.4, -0.2) is 24.4 Å². The van der Waals surface area contributed by atoms with Crippen LogP contribution in [0.2, 0.25) is 5.02 Å². The normalized spacial score (nSPS) is 21.0. The highest BCUT2D eigenvalue weighted by molar-refractivity contribution is 6.30. The van der Waals surface area contributed by atoms with Crippen LogP contribution in [-0.2, 0) is 9.59 Å². The first-order valence-corrected chi connectivity index (χ1v) is 7.37. The first-order chi connectivity index (χ1) is 9.93. The van der Waals surface area contributed by atoms with E-state index < -0.39 is 11.9 Å². The Bertz CT molecular complexity index is 565. The molecule has 2 amide bonds. The maximum Gasteiger partial charge on any atom is 0.249 e. The van der Waals surface area contributed by atoms with Crippen LogP contribution in [0.5, 0.6) is 0 Å². The molecular formula is C15H18ClFN2O2. The lowest BCUT2D eigenvalue weighted by molar-refractivity contribution is -0.126. The number of amides is 2. The Labute approximate surface area is 128 Å². The van der Waals surface area contributed by atoms with E-state index in [1.54, 1.807) is 6.07 Å². The van der Waals surface area contributed by atoms with E-state index in [2.05, 4.69) is 5.32 Å². The van der Waals surface area contributed by atoms with Gasteiger partial charge in [-0.05, 0) is 24.1 Å². The molecule has 114 valence electrons. The Kier molecular flexibility index (Phi) is 4.83. The third kappa shape index (κ3) is 3.35. The zero-order valence-electron chi connectivity index (χ0n) is 12.0. The third-order valence-electron chi connectivity index (χ3n) is 3.84. The van der Waals surface area contributed by atoms with E-state index in [0.29, 0.717) is 5.69 Å². The molecule has 1 fully saturated rings. The average Bonchev–Trinajstić information content (AvgIpc) is 2.61. The molecule has 1 heterocycles. The van der Waals surface area contributed by atoms with Gasteiger partial charge in [0.15, 0.2) is 0 Å². The number of carbonyl (C=O) groups excluding carboxylic acids is 2. The number of hydrogen-bond donors (Lipinski definition) is 1. The number of nitrogens with one attached hydrogen (secondary N) is 1. The van der Waals surface area contributed by atoms with Gasteiger partial charge in [0.25, 0.3) is 0 Å². The summed E-state index contributed by atoms with van der Waals surface area (Å²) in [6.07, 6.45) is 0.961. The van der Waals surface area contributed by atoms with Crippen molar-refractivity contribution in [2.75, 3.05) is 11.4 Å². The van der Waals surface area contributed by atoms with Crippen molar-refractivity contribution in [2.24, 2.45) is 5.92 Å². The van der Waals surface area contributed by atoms with Crippen molar-refractivity contribution in [3.8, 4) is 0 Å². The number of hydrogen-bond acceptors (Lipinski definition) is 2. The summed E-state index contributed by atoms with van der Waals surface area (Å²) in [5.41, 5.74) is 0.423. The highest BCUT2D eigenvalue weighted by Crippen LogP contribution is 2.25. The van der Waals surface area contributed by atoms with E-state index in [4.69, 9.17) is 11.6 Å². The topological polar surface area (TPSA) is 49.4 Å². The van der Waals surface area contributed by atoms with E-state index in [9.17, 15) is 14.0 Å². The smallest absolute Gasteiger partial charge is 0.249 e. The maximum absolute atomic E-state index is 13.6. The van der Waals surface area contributed by atoms with Gasteiger partial charge in [0.1, 0.15) is 11.9 Å². The number of benzene rings is 1. The minimum atomic E-state index is -0.580. The Morgan fingerprint density at radius 1 is 1.48 bits per heavy atom. The largest absolute Gasteiger partial charge is 0.344 e. The Hall–Kier alpha value is -1.62. The molecule has 1 saturated heterocycles. The molecule has 0 aromatic heterocycles. The zero-order valence-corrected chi connectivity index (χ0v) is 12.8. The lowest BCUT2D eigenvalue weighted by atomic mass is 9.98. The average molecular weight is 313 g/mol. The van der Waals surface area contributed by atoms with E-state index in [-0.39, 0.29) is 35.7 Å². The summed E-state index contributed by atoms with van der Waals surface area (Å²) in [5.74, 6) is -0.938. The van der Waals surface area contributed by atoms with Gasteiger partial charge in [-0.2, -0.15) is 0 Å². The Balaban J connectivity index is 2.34. The van der Waals surface area contributed by atoms with Crippen molar-refractivity contribution < 1.29 is 14.0 Å². The number of anilines is 1. The van der Waals surface area contributed by atoms with Gasteiger partial charge in [-0.15, -0.1) is 0 Å². The molecule has 1 aromatic rings. The molecule has 0 bridgehead atoms. The van der Waals surface area contributed by atoms with Gasteiger partial charge >= 0.3 is 0 Å². The summed E-state index contributed by atoms with van der Waals surface area (Å²) in [5, 5.41) is 2.76. The summed E-state index contributed by atoms with van der Waals surface area (Å²) in [6, 6.07) is 3.65. The highest BCUT2D eigenvalue weighted by Gasteiger charge is 2.33. The molecule has 0 saturated carbocycles. The van der Waals surface area contributed by atoms with E-state index in [1.165, 1.54) is 17.0 Å². The number of nitrogens with zero attached hydrogens (tertiary/aromatic N) is 1. The van der Waals surface area contributed by atoms with Crippen molar-refractivity contribution >= 4 is 29.1 Å². The van der Waals surface area contributed by atoms with Gasteiger partial charge in [0.2, 0.25) is 11.8 Å². The van der Waals surface area contributed by atoms with Crippen LogP contribution in [0.1, 0.15) is 26.7 Å². The van der Waals surface area contributed by atoms with Crippen LogP contribution in [0.15, 0.2) is 18.2 Å². The van der Waals surface area contributed by atoms with Crippen LogP contribution in [0.3, 0.4) is 0 Å². The van der Waals surface area contributed by atoms with Crippen LogP contribution < -0.4 is 10.2 Å². The van der Waals surface area contributed by atoms with Gasteiger partial charge < -0.3 is 10.2 Å². The third-order valence-corrected chi connectivity index (χ3v) is 4.15. The van der Waals surface area contributed by atoms with Gasteiger partial charge in [0.05, 0.1) is 5.02 Å². The van der Waals surface area contributed by atoms with Crippen LogP contribution in [0, 0.1) is 11.7 Å². The monoisotopic (exact) mass is 312 g/mol. The molecular weight excluding hydrogens is 295 g/mol. The van der Waals surface area contributed by atoms with Crippen molar-refractivity contribution in [1.29, 1.82) is 0 Å². The summed E-state index contributed by atoms with van der Waals surface area (Å²) in [6.45, 7) is 4.11. The fourth-order valence-electron chi connectivity index (χ4n) is 2.33. The number of carbonyl (C=O) groups is 2. The second-order valence-corrected chi connectivity index (χ2v) is 5.68. The summed E-state index contributed by atoms with van der Waals surface area (Å²) in [4.78, 5) is 25.9. The molecule has 21 heavy (non-hydrogen) atoms. The van der Waals surface area contributed by atoms with Gasteiger partial charge in [-0.3, -0.25) is 9.59 Å². The van der Waals surface area contributed by atoms with E-state index >= 15 is 0 Å². The number of rotatable bonds is 3. The zero-order chi connectivity index (χ0) is 15.6. The second kappa shape index (κ2) is 6.43. The van der Waals surface area contributed by atoms with Gasteiger partial charge in [0, 0.05) is 18.7 Å². The molecule has 6 heteroatoms. The molecule has 1 N–H and O–H groups in total. The Morgan fingerprint density at radius 2 is 2.19 bits per heavy atom. The fourth-order valence-corrected chi connectivity index (χ4v) is 2.45. The minimum Gasteiger partial charge on any atom is -0.344 e. The molecule has 0 aliphatic carbocycles. The summed E-state index contributed by atoms with van der Waals surface area (Å²) in [7, 11) is 0. The molecule has 2 rings (SSSR count). The van der Waals surface area contributed by atoms with Crippen molar-refractivity contribution in [3.63, 3.8) is 0 Å². The number of halogens is 2. The molecule has 2 atom stereocenters. The fraction of sp³-hybridized carbons (Fsp3) is 0.467. The first-order valence-electron chi connectivity index (χ1n) is 6.99. The highest BCUT2D eigenvalue weighted by atomic mass is 35.5. The van der Waals surface area contributed by atoms with Crippen LogP contribution in [0.25, 0.3) is 0 Å². The molecule has 4 nitrogen and oxygen atoms in total. The summed E-state index contributed by atoms with van der Waals surface area (Å²) >= 11 is 5.67. The van der Waals surface area contributed by atoms with E-state index in [0.717, 1.165) is 6.42 Å². The maximum atomic E-state index is 13.6.